The lowest BCUT2D eigenvalue weighted by atomic mass is 10.00. The van der Waals surface area contributed by atoms with Gasteiger partial charge in [0.25, 0.3) is 0 Å². The monoisotopic (exact) mass is 360 g/mol. The van der Waals surface area contributed by atoms with Crippen LogP contribution in [0.1, 0.15) is 11.5 Å². The number of ether oxygens (including phenoxy) is 1. The summed E-state index contributed by atoms with van der Waals surface area (Å²) >= 11 is 0. The molecular weight excluding hydrogens is 344 g/mol. The lowest BCUT2D eigenvalue weighted by Gasteiger charge is -2.09. The molecule has 0 spiro atoms. The van der Waals surface area contributed by atoms with Crippen LogP contribution in [0.4, 0.5) is 0 Å². The Bertz CT molecular complexity index is 1260. The molecule has 0 bridgehead atoms. The third kappa shape index (κ3) is 2.25. The minimum absolute atomic E-state index is 0.736. The maximum atomic E-state index is 5.69. The number of methoxy groups -OCH3 is 1. The van der Waals surface area contributed by atoms with Crippen LogP contribution in [-0.4, -0.2) is 27.2 Å². The fourth-order valence-electron chi connectivity index (χ4n) is 3.60. The number of rotatable bonds is 3. The average Bonchev–Trinajstić information content (AvgIpc) is 3.39. The second-order valence-electron chi connectivity index (χ2n) is 6.38. The van der Waals surface area contributed by atoms with E-state index in [2.05, 4.69) is 20.1 Å². The molecule has 0 saturated carbocycles. The van der Waals surface area contributed by atoms with Gasteiger partial charge in [0.05, 0.1) is 42.0 Å². The second-order valence-corrected chi connectivity index (χ2v) is 6.38. The second kappa shape index (κ2) is 5.70. The third-order valence-corrected chi connectivity index (χ3v) is 4.81. The van der Waals surface area contributed by atoms with E-state index in [9.17, 15) is 0 Å². The molecule has 0 aliphatic carbocycles. The largest absolute Gasteiger partial charge is 0.496 e. The average molecular weight is 360 g/mol. The van der Waals surface area contributed by atoms with Gasteiger partial charge >= 0.3 is 0 Å². The number of aryl methyl sites for hydroxylation is 2. The van der Waals surface area contributed by atoms with Crippen molar-refractivity contribution in [2.24, 2.45) is 0 Å². The highest BCUT2D eigenvalue weighted by molar-refractivity contribution is 6.13. The van der Waals surface area contributed by atoms with Gasteiger partial charge in [-0.05, 0) is 32.0 Å². The van der Waals surface area contributed by atoms with Gasteiger partial charge in [0, 0.05) is 22.0 Å². The lowest BCUT2D eigenvalue weighted by Crippen LogP contribution is -1.90. The first-order valence-corrected chi connectivity index (χ1v) is 8.47. The molecule has 0 fully saturated rings. The third-order valence-electron chi connectivity index (χ3n) is 4.81. The highest BCUT2D eigenvalue weighted by atomic mass is 16.5. The van der Waals surface area contributed by atoms with Crippen LogP contribution in [0.5, 0.6) is 5.75 Å². The summed E-state index contributed by atoms with van der Waals surface area (Å²) in [5.74, 6) is 1.49. The van der Waals surface area contributed by atoms with E-state index in [4.69, 9.17) is 13.7 Å². The number of aromatic amines is 1. The van der Waals surface area contributed by atoms with Crippen molar-refractivity contribution in [2.75, 3.05) is 7.11 Å². The Labute approximate surface area is 154 Å². The Morgan fingerprint density at radius 1 is 1.15 bits per heavy atom. The number of benzene rings is 1. The fraction of sp³-hybridized carbons (Fsp3) is 0.150. The molecule has 27 heavy (non-hydrogen) atoms. The van der Waals surface area contributed by atoms with Crippen LogP contribution in [-0.2, 0) is 0 Å². The highest BCUT2D eigenvalue weighted by Crippen LogP contribution is 2.40. The van der Waals surface area contributed by atoms with Crippen molar-refractivity contribution in [3.05, 3.63) is 48.5 Å². The SMILES string of the molecule is COc1cc2c(cc1-c1c(C)noc1C)[nH]c1ncnc(-c3ccoc3)c12. The van der Waals surface area contributed by atoms with Crippen LogP contribution >= 0.6 is 0 Å². The minimum atomic E-state index is 0.736. The molecule has 0 radical (unpaired) electrons. The van der Waals surface area contributed by atoms with Gasteiger partial charge in [-0.25, -0.2) is 9.97 Å². The van der Waals surface area contributed by atoms with Crippen LogP contribution in [0.2, 0.25) is 0 Å². The molecule has 5 aromatic rings. The molecular formula is C20H16N4O3. The first kappa shape index (κ1) is 15.6. The Hall–Kier alpha value is -3.61. The number of hydrogen-bond donors (Lipinski definition) is 1. The van der Waals surface area contributed by atoms with Gasteiger partial charge in [-0.1, -0.05) is 5.16 Å². The summed E-state index contributed by atoms with van der Waals surface area (Å²) in [7, 11) is 1.66. The van der Waals surface area contributed by atoms with Crippen molar-refractivity contribution in [1.82, 2.24) is 20.1 Å². The molecule has 4 aromatic heterocycles. The molecule has 0 amide bonds. The summed E-state index contributed by atoms with van der Waals surface area (Å²) in [6, 6.07) is 5.93. The molecule has 0 aliphatic rings. The molecule has 1 aromatic carbocycles. The first-order valence-electron chi connectivity index (χ1n) is 8.47. The summed E-state index contributed by atoms with van der Waals surface area (Å²) in [6.07, 6.45) is 4.86. The van der Waals surface area contributed by atoms with Crippen molar-refractivity contribution < 1.29 is 13.7 Å². The van der Waals surface area contributed by atoms with Crippen LogP contribution in [0, 0.1) is 13.8 Å². The van der Waals surface area contributed by atoms with Crippen molar-refractivity contribution in [2.45, 2.75) is 13.8 Å². The predicted octanol–water partition coefficient (Wildman–Crippen LogP) is 4.65. The van der Waals surface area contributed by atoms with Crippen molar-refractivity contribution >= 4 is 21.9 Å². The maximum Gasteiger partial charge on any atom is 0.142 e. The molecule has 0 saturated heterocycles. The van der Waals surface area contributed by atoms with Crippen LogP contribution in [0.25, 0.3) is 44.3 Å². The molecule has 4 heterocycles. The number of hydrogen-bond acceptors (Lipinski definition) is 6. The number of nitrogens with zero attached hydrogens (tertiary/aromatic N) is 3. The van der Waals surface area contributed by atoms with E-state index in [1.165, 1.54) is 0 Å². The first-order chi connectivity index (χ1) is 13.2. The van der Waals surface area contributed by atoms with Crippen molar-refractivity contribution in [3.8, 4) is 28.1 Å². The van der Waals surface area contributed by atoms with Gasteiger partial charge in [-0.2, -0.15) is 0 Å². The number of aromatic nitrogens is 4. The lowest BCUT2D eigenvalue weighted by molar-refractivity contribution is 0.393. The molecule has 7 heteroatoms. The summed E-state index contributed by atoms with van der Waals surface area (Å²) in [5, 5.41) is 5.97. The number of fused-ring (bicyclic) bond motifs is 3. The Morgan fingerprint density at radius 3 is 2.74 bits per heavy atom. The predicted molar refractivity (Wildman–Crippen MR) is 101 cm³/mol. The summed E-state index contributed by atoms with van der Waals surface area (Å²) in [4.78, 5) is 12.3. The standard InChI is InChI=1S/C20H16N4O3/c1-10-17(11(2)27-24-10)14-6-15-13(7-16(14)25-3)18-19(12-4-5-26-8-12)21-9-22-20(18)23-15/h4-9H,1-3H3,(H,21,22,23). The quantitative estimate of drug-likeness (QED) is 0.503. The van der Waals surface area contributed by atoms with Crippen LogP contribution in [0.15, 0.2) is 46.0 Å². The number of H-pyrrole nitrogens is 1. The molecule has 0 atom stereocenters. The van der Waals surface area contributed by atoms with E-state index in [0.717, 1.165) is 61.5 Å². The van der Waals surface area contributed by atoms with E-state index in [-0.39, 0.29) is 0 Å². The highest BCUT2D eigenvalue weighted by Gasteiger charge is 2.20. The number of nitrogens with one attached hydrogen (secondary N) is 1. The topological polar surface area (TPSA) is 90.0 Å². The fourth-order valence-corrected chi connectivity index (χ4v) is 3.60. The Kier molecular flexibility index (Phi) is 3.30. The molecule has 0 unspecified atom stereocenters. The van der Waals surface area contributed by atoms with E-state index < -0.39 is 0 Å². The van der Waals surface area contributed by atoms with Gasteiger partial charge in [-0.15, -0.1) is 0 Å². The number of furan rings is 1. The smallest absolute Gasteiger partial charge is 0.142 e. The van der Waals surface area contributed by atoms with Crippen LogP contribution < -0.4 is 4.74 Å². The van der Waals surface area contributed by atoms with Gasteiger partial charge < -0.3 is 18.7 Å². The van der Waals surface area contributed by atoms with Gasteiger partial charge in [0.1, 0.15) is 23.5 Å². The summed E-state index contributed by atoms with van der Waals surface area (Å²) in [6.45, 7) is 3.82. The molecule has 5 rings (SSSR count). The molecule has 0 aliphatic heterocycles. The zero-order valence-corrected chi connectivity index (χ0v) is 15.0. The van der Waals surface area contributed by atoms with Gasteiger partial charge in [-0.3, -0.25) is 0 Å². The molecule has 134 valence electrons. The maximum absolute atomic E-state index is 5.69. The zero-order valence-electron chi connectivity index (χ0n) is 15.0. The van der Waals surface area contributed by atoms with Crippen molar-refractivity contribution in [3.63, 3.8) is 0 Å². The van der Waals surface area contributed by atoms with Gasteiger partial charge in [0.15, 0.2) is 0 Å². The van der Waals surface area contributed by atoms with E-state index in [1.54, 1.807) is 26.0 Å². The van der Waals surface area contributed by atoms with E-state index in [0.29, 0.717) is 0 Å². The Balaban J connectivity index is 1.86. The van der Waals surface area contributed by atoms with Crippen LogP contribution in [0.3, 0.4) is 0 Å². The van der Waals surface area contributed by atoms with E-state index >= 15 is 0 Å². The molecule has 7 nitrogen and oxygen atoms in total. The Morgan fingerprint density at radius 2 is 2.04 bits per heavy atom. The zero-order chi connectivity index (χ0) is 18.5. The van der Waals surface area contributed by atoms with Crippen molar-refractivity contribution in [1.29, 1.82) is 0 Å². The van der Waals surface area contributed by atoms with E-state index in [1.807, 2.05) is 32.0 Å². The van der Waals surface area contributed by atoms with Gasteiger partial charge in [0.2, 0.25) is 0 Å². The summed E-state index contributed by atoms with van der Waals surface area (Å²) < 4.78 is 16.3. The minimum Gasteiger partial charge on any atom is -0.496 e. The summed E-state index contributed by atoms with van der Waals surface area (Å²) in [5.41, 5.74) is 6.09. The normalized spacial score (nSPS) is 11.5. The molecule has 1 N–H and O–H groups in total.